The van der Waals surface area contributed by atoms with Gasteiger partial charge in [0.25, 0.3) is 0 Å². The molecule has 0 aliphatic rings. The minimum atomic E-state index is -1.59. The molecule has 0 aliphatic heterocycles. The van der Waals surface area contributed by atoms with Crippen molar-refractivity contribution in [1.82, 2.24) is 0 Å². The summed E-state index contributed by atoms with van der Waals surface area (Å²) in [6.07, 6.45) is 0. The van der Waals surface area contributed by atoms with E-state index < -0.39 is 4.43 Å². The van der Waals surface area contributed by atoms with Crippen LogP contribution in [0.25, 0.3) is 0 Å². The van der Waals surface area contributed by atoms with E-state index in [1.807, 2.05) is 0 Å². The van der Waals surface area contributed by atoms with Gasteiger partial charge in [-0.1, -0.05) is 0 Å². The van der Waals surface area contributed by atoms with Crippen molar-refractivity contribution in [3.8, 4) is 0 Å². The summed E-state index contributed by atoms with van der Waals surface area (Å²) in [7, 11) is 0. The van der Waals surface area contributed by atoms with Crippen molar-refractivity contribution in [2.75, 3.05) is 6.61 Å². The fourth-order valence-electron chi connectivity index (χ4n) is 1.74. The third kappa shape index (κ3) is 4.42. The van der Waals surface area contributed by atoms with Crippen LogP contribution in [0.4, 0.5) is 0 Å². The molecule has 106 valence electrons. The average Bonchev–Trinajstić information content (AvgIpc) is 2.48. The predicted octanol–water partition coefficient (Wildman–Crippen LogP) is 3.95. The van der Waals surface area contributed by atoms with Gasteiger partial charge in [0.1, 0.15) is 0 Å². The first kappa shape index (κ1) is 16.7. The van der Waals surface area contributed by atoms with Gasteiger partial charge in [-0.05, 0) is 0 Å². The standard InChI is InChI=1S/C15H16BrOPSe2/c1-2-17-18(19,14-9-4-3-5-10-14)20-12-13-8-6-7-11-15(13)16/h3-11H,2,12H2,1H3. The van der Waals surface area contributed by atoms with E-state index >= 15 is 0 Å². The third-order valence-electron chi connectivity index (χ3n) is 2.72. The normalized spacial score (nSPS) is 13.9. The zero-order valence-corrected chi connectivity index (χ0v) is 17.1. The number of rotatable bonds is 6. The molecule has 0 amide bonds. The van der Waals surface area contributed by atoms with Crippen molar-refractivity contribution in [2.45, 2.75) is 12.2 Å². The Kier molecular flexibility index (Phi) is 6.77. The molecule has 0 fully saturated rings. The summed E-state index contributed by atoms with van der Waals surface area (Å²) in [6, 6.07) is 19.1. The van der Waals surface area contributed by atoms with Crippen LogP contribution >= 0.6 is 20.4 Å². The van der Waals surface area contributed by atoms with E-state index in [9.17, 15) is 0 Å². The van der Waals surface area contributed by atoms with Gasteiger partial charge in [-0.2, -0.15) is 0 Å². The Labute approximate surface area is 142 Å². The van der Waals surface area contributed by atoms with Crippen molar-refractivity contribution in [3.63, 3.8) is 0 Å². The minimum absolute atomic E-state index is 0.383. The average molecular weight is 481 g/mol. The van der Waals surface area contributed by atoms with Gasteiger partial charge in [0.05, 0.1) is 0 Å². The van der Waals surface area contributed by atoms with E-state index in [0.29, 0.717) is 14.5 Å². The molecule has 1 unspecified atom stereocenters. The third-order valence-corrected chi connectivity index (χ3v) is 16.5. The van der Waals surface area contributed by atoms with Crippen molar-refractivity contribution in [2.24, 2.45) is 0 Å². The van der Waals surface area contributed by atoms with Gasteiger partial charge >= 0.3 is 143 Å². The molecule has 2 rings (SSSR count). The molecule has 2 aromatic rings. The molecule has 0 heterocycles. The van der Waals surface area contributed by atoms with Gasteiger partial charge in [-0.3, -0.25) is 0 Å². The molecule has 0 N–H and O–H groups in total. The first-order chi connectivity index (χ1) is 9.65. The van der Waals surface area contributed by atoms with Gasteiger partial charge in [-0.15, -0.1) is 0 Å². The number of halogens is 1. The molecule has 1 atom stereocenters. The van der Waals surface area contributed by atoms with Crippen LogP contribution in [0.5, 0.6) is 0 Å². The SMILES string of the molecule is CCOP(=[Se])([Se]Cc1ccccc1Br)c1ccccc1. The van der Waals surface area contributed by atoms with Crippen LogP contribution in [0.3, 0.4) is 0 Å². The van der Waals surface area contributed by atoms with Crippen LogP contribution in [-0.2, 0) is 9.84 Å². The Bertz CT molecular complexity index is 604. The molecule has 0 radical (unpaired) electrons. The Balaban J connectivity index is 2.18. The van der Waals surface area contributed by atoms with Gasteiger partial charge < -0.3 is 0 Å². The first-order valence-corrected chi connectivity index (χ1v) is 14.5. The molecule has 0 bridgehead atoms. The molecular formula is C15H16BrOPSe2. The summed E-state index contributed by atoms with van der Waals surface area (Å²) in [5, 5.41) is 2.40. The quantitative estimate of drug-likeness (QED) is 0.449. The van der Waals surface area contributed by atoms with Gasteiger partial charge in [0.15, 0.2) is 0 Å². The molecule has 0 aliphatic carbocycles. The van der Waals surface area contributed by atoms with E-state index in [-0.39, 0.29) is 0 Å². The summed E-state index contributed by atoms with van der Waals surface area (Å²) >= 11 is 7.41. The summed E-state index contributed by atoms with van der Waals surface area (Å²) in [5.74, 6) is 0. The van der Waals surface area contributed by atoms with E-state index in [1.165, 1.54) is 15.3 Å². The fourth-order valence-corrected chi connectivity index (χ4v) is 12.6. The van der Waals surface area contributed by atoms with Crippen LogP contribution in [0.2, 0.25) is 0 Å². The van der Waals surface area contributed by atoms with Crippen LogP contribution in [-0.4, -0.2) is 36.2 Å². The second-order valence-corrected chi connectivity index (χ2v) is 19.2. The molecule has 1 nitrogen and oxygen atoms in total. The predicted molar refractivity (Wildman–Crippen MR) is 94.0 cm³/mol. The number of hydrogen-bond acceptors (Lipinski definition) is 1. The number of hydrogen-bond donors (Lipinski definition) is 0. The van der Waals surface area contributed by atoms with Crippen LogP contribution in [0.15, 0.2) is 59.1 Å². The van der Waals surface area contributed by atoms with Crippen LogP contribution in [0, 0.1) is 0 Å². The monoisotopic (exact) mass is 482 g/mol. The Morgan fingerprint density at radius 3 is 2.40 bits per heavy atom. The maximum atomic E-state index is 6.15. The Hall–Kier alpha value is 0.349. The molecule has 0 spiro atoms. The molecule has 2 aromatic carbocycles. The second kappa shape index (κ2) is 8.11. The topological polar surface area (TPSA) is 9.23 Å². The van der Waals surface area contributed by atoms with Crippen molar-refractivity contribution in [3.05, 3.63) is 64.6 Å². The van der Waals surface area contributed by atoms with Crippen molar-refractivity contribution >= 4 is 55.3 Å². The summed E-state index contributed by atoms with van der Waals surface area (Å²) < 4.78 is 5.75. The van der Waals surface area contributed by atoms with Crippen LogP contribution < -0.4 is 5.30 Å². The van der Waals surface area contributed by atoms with Gasteiger partial charge in [0, 0.05) is 0 Å². The molecule has 20 heavy (non-hydrogen) atoms. The number of benzene rings is 2. The van der Waals surface area contributed by atoms with Crippen molar-refractivity contribution < 1.29 is 4.52 Å². The van der Waals surface area contributed by atoms with E-state index in [4.69, 9.17) is 4.52 Å². The Morgan fingerprint density at radius 1 is 1.10 bits per heavy atom. The molecule has 5 heteroatoms. The first-order valence-electron chi connectivity index (χ1n) is 6.34. The molecular weight excluding hydrogens is 465 g/mol. The summed E-state index contributed by atoms with van der Waals surface area (Å²) in [6.45, 7) is 2.83. The fraction of sp³-hybridized carbons (Fsp3) is 0.200. The van der Waals surface area contributed by atoms with Gasteiger partial charge in [0.2, 0.25) is 0 Å². The summed E-state index contributed by atoms with van der Waals surface area (Å²) in [5.41, 5.74) is 1.36. The maximum absolute atomic E-state index is 6.15. The van der Waals surface area contributed by atoms with Crippen molar-refractivity contribution in [1.29, 1.82) is 0 Å². The van der Waals surface area contributed by atoms with E-state index in [0.717, 1.165) is 11.9 Å². The zero-order chi connectivity index (χ0) is 14.4. The Morgan fingerprint density at radius 2 is 1.75 bits per heavy atom. The van der Waals surface area contributed by atoms with E-state index in [2.05, 4.69) is 92.5 Å². The summed E-state index contributed by atoms with van der Waals surface area (Å²) in [4.78, 5) is 0. The second-order valence-electron chi connectivity index (χ2n) is 4.12. The van der Waals surface area contributed by atoms with Gasteiger partial charge in [-0.25, -0.2) is 0 Å². The van der Waals surface area contributed by atoms with Crippen LogP contribution in [0.1, 0.15) is 12.5 Å². The molecule has 0 aromatic heterocycles. The molecule has 0 saturated carbocycles. The molecule has 0 saturated heterocycles. The van der Waals surface area contributed by atoms with E-state index in [1.54, 1.807) is 0 Å². The zero-order valence-electron chi connectivity index (χ0n) is 11.2.